The SMILES string of the molecule is Cc1cc(-c2cc(C(=O)Nc3ccc4c(ccn4CCN(C)C)c3)c3c(C)noc3n2)c(C)o1. The maximum Gasteiger partial charge on any atom is 0.259 e. The lowest BCUT2D eigenvalue weighted by atomic mass is 10.1. The number of aromatic nitrogens is 3. The van der Waals surface area contributed by atoms with Gasteiger partial charge >= 0.3 is 0 Å². The zero-order chi connectivity index (χ0) is 24.0. The fourth-order valence-corrected chi connectivity index (χ4v) is 4.28. The third-order valence-corrected chi connectivity index (χ3v) is 6.00. The molecule has 0 saturated heterocycles. The van der Waals surface area contributed by atoms with Crippen molar-refractivity contribution in [3.63, 3.8) is 0 Å². The number of carbonyl (C=O) groups excluding carboxylic acids is 1. The number of benzene rings is 1. The van der Waals surface area contributed by atoms with Gasteiger partial charge in [0.1, 0.15) is 11.5 Å². The maximum absolute atomic E-state index is 13.4. The topological polar surface area (TPSA) is 89.3 Å². The van der Waals surface area contributed by atoms with E-state index in [1.54, 1.807) is 13.0 Å². The zero-order valence-corrected chi connectivity index (χ0v) is 20.0. The molecule has 0 aliphatic heterocycles. The van der Waals surface area contributed by atoms with Crippen LogP contribution in [0, 0.1) is 20.8 Å². The number of hydrogen-bond donors (Lipinski definition) is 1. The molecule has 0 saturated carbocycles. The van der Waals surface area contributed by atoms with Crippen LogP contribution < -0.4 is 5.32 Å². The van der Waals surface area contributed by atoms with E-state index in [0.29, 0.717) is 28.1 Å². The molecule has 0 aliphatic rings. The summed E-state index contributed by atoms with van der Waals surface area (Å²) in [6.07, 6.45) is 2.08. The summed E-state index contributed by atoms with van der Waals surface area (Å²) in [7, 11) is 4.13. The Kier molecular flexibility index (Phi) is 5.45. The predicted octanol–water partition coefficient (Wildman–Crippen LogP) is 5.18. The van der Waals surface area contributed by atoms with Gasteiger partial charge in [0.25, 0.3) is 11.6 Å². The molecule has 1 aromatic carbocycles. The van der Waals surface area contributed by atoms with E-state index >= 15 is 0 Å². The van der Waals surface area contributed by atoms with Gasteiger partial charge in [-0.15, -0.1) is 0 Å². The van der Waals surface area contributed by atoms with Crippen molar-refractivity contribution in [2.75, 3.05) is 26.0 Å². The molecule has 0 spiro atoms. The molecule has 174 valence electrons. The van der Waals surface area contributed by atoms with E-state index in [4.69, 9.17) is 8.94 Å². The highest BCUT2D eigenvalue weighted by Gasteiger charge is 2.21. The highest BCUT2D eigenvalue weighted by molar-refractivity contribution is 6.13. The number of pyridine rings is 1. The lowest BCUT2D eigenvalue weighted by molar-refractivity contribution is 0.102. The molecule has 0 bridgehead atoms. The molecule has 4 heterocycles. The van der Waals surface area contributed by atoms with E-state index in [1.807, 2.05) is 38.1 Å². The minimum Gasteiger partial charge on any atom is -0.466 e. The van der Waals surface area contributed by atoms with Crippen molar-refractivity contribution in [3.05, 3.63) is 65.4 Å². The Hall–Kier alpha value is -3.91. The van der Waals surface area contributed by atoms with Crippen molar-refractivity contribution in [3.8, 4) is 11.3 Å². The summed E-state index contributed by atoms with van der Waals surface area (Å²) in [5, 5.41) is 8.75. The second kappa shape index (κ2) is 8.46. The van der Waals surface area contributed by atoms with E-state index in [-0.39, 0.29) is 5.91 Å². The fourth-order valence-electron chi connectivity index (χ4n) is 4.28. The molecular formula is C26H27N5O3. The molecule has 0 aliphatic carbocycles. The zero-order valence-electron chi connectivity index (χ0n) is 20.0. The van der Waals surface area contributed by atoms with Gasteiger partial charge in [0.15, 0.2) is 0 Å². The minimum absolute atomic E-state index is 0.246. The summed E-state index contributed by atoms with van der Waals surface area (Å²) < 4.78 is 13.3. The number of carbonyl (C=O) groups is 1. The Balaban J connectivity index is 1.49. The minimum atomic E-state index is -0.246. The van der Waals surface area contributed by atoms with Gasteiger partial charge in [-0.2, -0.15) is 0 Å². The second-order valence-corrected chi connectivity index (χ2v) is 8.87. The van der Waals surface area contributed by atoms with E-state index in [0.717, 1.165) is 46.8 Å². The summed E-state index contributed by atoms with van der Waals surface area (Å²) >= 11 is 0. The summed E-state index contributed by atoms with van der Waals surface area (Å²) in [5.74, 6) is 1.26. The van der Waals surface area contributed by atoms with Crippen molar-refractivity contribution < 1.29 is 13.7 Å². The number of nitrogens with zero attached hydrogens (tertiary/aromatic N) is 4. The summed E-state index contributed by atoms with van der Waals surface area (Å²) in [5.41, 5.74) is 4.69. The summed E-state index contributed by atoms with van der Waals surface area (Å²) in [4.78, 5) is 20.2. The quantitative estimate of drug-likeness (QED) is 0.378. The van der Waals surface area contributed by atoms with Crippen LogP contribution in [0.1, 0.15) is 27.6 Å². The molecule has 5 aromatic rings. The van der Waals surface area contributed by atoms with Gasteiger partial charge in [-0.3, -0.25) is 4.79 Å². The Labute approximate surface area is 197 Å². The van der Waals surface area contributed by atoms with Gasteiger partial charge in [0.05, 0.1) is 22.3 Å². The summed E-state index contributed by atoms with van der Waals surface area (Å²) in [6.45, 7) is 7.42. The van der Waals surface area contributed by atoms with Crippen molar-refractivity contribution in [1.82, 2.24) is 19.6 Å². The van der Waals surface area contributed by atoms with Gasteiger partial charge < -0.3 is 23.7 Å². The average Bonchev–Trinajstić information content (AvgIpc) is 3.48. The number of likely N-dealkylation sites (N-methyl/N-ethyl adjacent to an activating group) is 1. The molecule has 8 heteroatoms. The van der Waals surface area contributed by atoms with Crippen molar-refractivity contribution in [1.29, 1.82) is 0 Å². The first-order valence-corrected chi connectivity index (χ1v) is 11.2. The van der Waals surface area contributed by atoms with Gasteiger partial charge in [-0.1, -0.05) is 5.16 Å². The number of aryl methyl sites for hydroxylation is 3. The molecule has 34 heavy (non-hydrogen) atoms. The van der Waals surface area contributed by atoms with Crippen LogP contribution in [-0.4, -0.2) is 46.2 Å². The van der Waals surface area contributed by atoms with Crippen LogP contribution in [0.5, 0.6) is 0 Å². The van der Waals surface area contributed by atoms with E-state index in [2.05, 4.69) is 51.3 Å². The fraction of sp³-hybridized carbons (Fsp3) is 0.269. The standard InChI is InChI=1S/C26H27N5O3/c1-15-12-20(17(3)33-15)22-14-21(24-16(2)29-34-26(24)28-22)25(32)27-19-6-7-23-18(13-19)8-9-31(23)11-10-30(4)5/h6-9,12-14H,10-11H2,1-5H3,(H,27,32). The van der Waals surface area contributed by atoms with Gasteiger partial charge in [-0.25, -0.2) is 4.98 Å². The van der Waals surface area contributed by atoms with Crippen LogP contribution >= 0.6 is 0 Å². The number of fused-ring (bicyclic) bond motifs is 2. The molecule has 5 rings (SSSR count). The van der Waals surface area contributed by atoms with Crippen LogP contribution in [0.3, 0.4) is 0 Å². The molecule has 8 nitrogen and oxygen atoms in total. The Bertz CT molecular complexity index is 1520. The van der Waals surface area contributed by atoms with Crippen LogP contribution in [0.2, 0.25) is 0 Å². The van der Waals surface area contributed by atoms with Crippen molar-refractivity contribution >= 4 is 33.6 Å². The molecule has 4 aromatic heterocycles. The van der Waals surface area contributed by atoms with Crippen LogP contribution in [0.15, 0.2) is 51.5 Å². The molecule has 0 radical (unpaired) electrons. The van der Waals surface area contributed by atoms with Crippen LogP contribution in [0.4, 0.5) is 5.69 Å². The van der Waals surface area contributed by atoms with Gasteiger partial charge in [0, 0.05) is 41.4 Å². The molecule has 1 amide bonds. The normalized spacial score (nSPS) is 11.7. The lowest BCUT2D eigenvalue weighted by Crippen LogP contribution is -2.17. The largest absolute Gasteiger partial charge is 0.466 e. The summed E-state index contributed by atoms with van der Waals surface area (Å²) in [6, 6.07) is 11.7. The molecule has 0 fully saturated rings. The Morgan fingerprint density at radius 3 is 2.68 bits per heavy atom. The Morgan fingerprint density at radius 2 is 1.94 bits per heavy atom. The molecule has 0 atom stereocenters. The highest BCUT2D eigenvalue weighted by atomic mass is 16.5. The number of amides is 1. The first-order chi connectivity index (χ1) is 16.3. The maximum atomic E-state index is 13.4. The van der Waals surface area contributed by atoms with Crippen LogP contribution in [-0.2, 0) is 6.54 Å². The highest BCUT2D eigenvalue weighted by Crippen LogP contribution is 2.31. The lowest BCUT2D eigenvalue weighted by Gasteiger charge is -2.12. The average molecular weight is 458 g/mol. The van der Waals surface area contributed by atoms with Crippen LogP contribution in [0.25, 0.3) is 33.3 Å². The van der Waals surface area contributed by atoms with E-state index in [1.165, 1.54) is 0 Å². The second-order valence-electron chi connectivity index (χ2n) is 8.87. The monoisotopic (exact) mass is 457 g/mol. The Morgan fingerprint density at radius 1 is 1.12 bits per heavy atom. The number of rotatable bonds is 6. The third kappa shape index (κ3) is 3.97. The van der Waals surface area contributed by atoms with Gasteiger partial charge in [0.2, 0.25) is 0 Å². The first kappa shape index (κ1) is 21.9. The first-order valence-electron chi connectivity index (χ1n) is 11.2. The molecule has 1 N–H and O–H groups in total. The predicted molar refractivity (Wildman–Crippen MR) is 132 cm³/mol. The van der Waals surface area contributed by atoms with Crippen molar-refractivity contribution in [2.24, 2.45) is 0 Å². The number of furan rings is 1. The molecule has 0 unspecified atom stereocenters. The van der Waals surface area contributed by atoms with Gasteiger partial charge in [-0.05, 0) is 71.3 Å². The number of nitrogens with one attached hydrogen (secondary N) is 1. The number of hydrogen-bond acceptors (Lipinski definition) is 6. The van der Waals surface area contributed by atoms with E-state index in [9.17, 15) is 4.79 Å². The van der Waals surface area contributed by atoms with Crippen molar-refractivity contribution in [2.45, 2.75) is 27.3 Å². The van der Waals surface area contributed by atoms with E-state index < -0.39 is 0 Å². The number of anilines is 1. The third-order valence-electron chi connectivity index (χ3n) is 6.00. The smallest absolute Gasteiger partial charge is 0.259 e. The molecular weight excluding hydrogens is 430 g/mol.